The highest BCUT2D eigenvalue weighted by Crippen LogP contribution is 2.18. The van der Waals surface area contributed by atoms with Crippen LogP contribution in [-0.4, -0.2) is 32.5 Å². The molecule has 0 aliphatic heterocycles. The van der Waals surface area contributed by atoms with Gasteiger partial charge < -0.3 is 5.32 Å². The number of rotatable bonds is 8. The Hall–Kier alpha value is -2.35. The van der Waals surface area contributed by atoms with Gasteiger partial charge >= 0.3 is 0 Å². The van der Waals surface area contributed by atoms with Crippen LogP contribution in [0.4, 0.5) is 4.39 Å². The molecule has 0 unspecified atom stereocenters. The summed E-state index contributed by atoms with van der Waals surface area (Å²) in [6.07, 6.45) is 3.88. The zero-order valence-corrected chi connectivity index (χ0v) is 15.8. The molecule has 0 radical (unpaired) electrons. The van der Waals surface area contributed by atoms with Gasteiger partial charge in [0, 0.05) is 30.4 Å². The van der Waals surface area contributed by atoms with Gasteiger partial charge in [-0.15, -0.1) is 0 Å². The molecule has 27 heavy (non-hydrogen) atoms. The molecule has 0 saturated heterocycles. The van der Waals surface area contributed by atoms with Gasteiger partial charge in [0.05, 0.1) is 4.90 Å². The molecule has 0 fully saturated rings. The lowest BCUT2D eigenvalue weighted by Gasteiger charge is -2.15. The number of hydrogen-bond acceptors (Lipinski definition) is 4. The van der Waals surface area contributed by atoms with Crippen molar-refractivity contribution in [1.82, 2.24) is 15.0 Å². The summed E-state index contributed by atoms with van der Waals surface area (Å²) in [4.78, 5) is 4.25. The van der Waals surface area contributed by atoms with Crippen LogP contribution in [0.15, 0.2) is 65.8 Å². The van der Waals surface area contributed by atoms with Crippen molar-refractivity contribution in [2.45, 2.75) is 24.3 Å². The van der Waals surface area contributed by atoms with Crippen LogP contribution < -0.4 is 10.0 Å². The lowest BCUT2D eigenvalue weighted by molar-refractivity contribution is 0.534. The van der Waals surface area contributed by atoms with E-state index < -0.39 is 10.0 Å². The van der Waals surface area contributed by atoms with Crippen molar-refractivity contribution in [3.8, 4) is 0 Å². The van der Waals surface area contributed by atoms with Gasteiger partial charge in [0.2, 0.25) is 10.0 Å². The van der Waals surface area contributed by atoms with Crippen molar-refractivity contribution < 1.29 is 12.8 Å². The van der Waals surface area contributed by atoms with Crippen molar-refractivity contribution in [1.29, 1.82) is 0 Å². The maximum Gasteiger partial charge on any atom is 0.240 e. The molecule has 3 rings (SSSR count). The average Bonchev–Trinajstić information content (AvgIpc) is 2.66. The number of aromatic nitrogens is 1. The number of sulfonamides is 1. The van der Waals surface area contributed by atoms with E-state index in [1.54, 1.807) is 61.8 Å². The molecule has 2 N–H and O–H groups in total. The minimum atomic E-state index is -3.62. The topological polar surface area (TPSA) is 71.1 Å². The Bertz CT molecular complexity index is 1020. The van der Waals surface area contributed by atoms with Crippen molar-refractivity contribution >= 4 is 20.8 Å². The molecule has 0 spiro atoms. The second-order valence-corrected chi connectivity index (χ2v) is 8.17. The van der Waals surface area contributed by atoms with Crippen molar-refractivity contribution in [3.05, 3.63) is 72.3 Å². The first-order chi connectivity index (χ1) is 13.0. The lowest BCUT2D eigenvalue weighted by atomic mass is 10.1. The average molecular weight is 387 g/mol. The zero-order valence-electron chi connectivity index (χ0n) is 15.0. The van der Waals surface area contributed by atoms with Crippen LogP contribution in [0.25, 0.3) is 10.8 Å². The second-order valence-electron chi connectivity index (χ2n) is 6.45. The van der Waals surface area contributed by atoms with E-state index in [4.69, 9.17) is 0 Å². The van der Waals surface area contributed by atoms with Gasteiger partial charge in [-0.05, 0) is 55.1 Å². The van der Waals surface area contributed by atoms with E-state index in [0.717, 1.165) is 10.8 Å². The summed E-state index contributed by atoms with van der Waals surface area (Å²) in [7, 11) is -3.62. The van der Waals surface area contributed by atoms with Gasteiger partial charge in [0.1, 0.15) is 5.82 Å². The summed E-state index contributed by atoms with van der Waals surface area (Å²) in [5, 5.41) is 4.87. The van der Waals surface area contributed by atoms with Gasteiger partial charge in [0.25, 0.3) is 0 Å². The number of benzene rings is 2. The van der Waals surface area contributed by atoms with Crippen LogP contribution in [0.5, 0.6) is 0 Å². The highest BCUT2D eigenvalue weighted by atomic mass is 32.2. The fourth-order valence-corrected chi connectivity index (χ4v) is 4.12. The predicted molar refractivity (Wildman–Crippen MR) is 105 cm³/mol. The third kappa shape index (κ3) is 5.09. The molecule has 1 heterocycles. The Morgan fingerprint density at radius 2 is 1.93 bits per heavy atom. The number of nitrogens with zero attached hydrogens (tertiary/aromatic N) is 1. The molecule has 5 nitrogen and oxygen atoms in total. The van der Waals surface area contributed by atoms with Crippen LogP contribution >= 0.6 is 0 Å². The number of hydrogen-bond donors (Lipinski definition) is 2. The molecule has 1 aromatic heterocycles. The third-order valence-electron chi connectivity index (χ3n) is 4.26. The van der Waals surface area contributed by atoms with Crippen LogP contribution in [0, 0.1) is 5.82 Å². The highest BCUT2D eigenvalue weighted by Gasteiger charge is 2.17. The smallest absolute Gasteiger partial charge is 0.240 e. The summed E-state index contributed by atoms with van der Waals surface area (Å²) in [5.74, 6) is -0.223. The number of pyridine rings is 1. The summed E-state index contributed by atoms with van der Waals surface area (Å²) >= 11 is 0. The Balaban J connectivity index is 1.54. The van der Waals surface area contributed by atoms with E-state index in [1.165, 1.54) is 6.07 Å². The second kappa shape index (κ2) is 8.56. The Morgan fingerprint density at radius 3 is 2.74 bits per heavy atom. The first-order valence-electron chi connectivity index (χ1n) is 8.76. The summed E-state index contributed by atoms with van der Waals surface area (Å²) in [6.45, 7) is 2.81. The van der Waals surface area contributed by atoms with E-state index in [-0.39, 0.29) is 16.8 Å². The number of nitrogens with one attached hydrogen (secondary N) is 2. The summed E-state index contributed by atoms with van der Waals surface area (Å²) in [5.41, 5.74) is 0.642. The maximum atomic E-state index is 13.6. The molecule has 2 aromatic carbocycles. The van der Waals surface area contributed by atoms with Gasteiger partial charge in [-0.1, -0.05) is 24.3 Å². The van der Waals surface area contributed by atoms with Crippen LogP contribution in [-0.2, 0) is 16.4 Å². The molecule has 0 aliphatic carbocycles. The molecule has 142 valence electrons. The van der Waals surface area contributed by atoms with Crippen molar-refractivity contribution in [3.63, 3.8) is 0 Å². The molecule has 0 saturated carbocycles. The lowest BCUT2D eigenvalue weighted by Crippen LogP contribution is -2.40. The van der Waals surface area contributed by atoms with Crippen molar-refractivity contribution in [2.75, 3.05) is 13.1 Å². The number of halogens is 1. The Labute approximate surface area is 158 Å². The Morgan fingerprint density at radius 1 is 1.11 bits per heavy atom. The standard InChI is InChI=1S/C20H22FN3O2S/c1-15(13-22-10-8-16-4-2-3-5-20(16)21)24-27(25,26)19-7-6-18-14-23-11-9-17(18)12-19/h2-7,9,11-12,14-15,22,24H,8,10,13H2,1H3/t15-/m1/s1. The molecular formula is C20H22FN3O2S. The van der Waals surface area contributed by atoms with E-state index in [9.17, 15) is 12.8 Å². The molecule has 0 amide bonds. The zero-order chi connectivity index (χ0) is 19.3. The van der Waals surface area contributed by atoms with Gasteiger partial charge in [-0.25, -0.2) is 17.5 Å². The molecule has 0 aliphatic rings. The SMILES string of the molecule is C[C@H](CNCCc1ccccc1F)NS(=O)(=O)c1ccc2cnccc2c1. The first-order valence-corrected chi connectivity index (χ1v) is 10.2. The van der Waals surface area contributed by atoms with E-state index in [1.807, 2.05) is 0 Å². The fourth-order valence-electron chi connectivity index (χ4n) is 2.85. The molecular weight excluding hydrogens is 365 g/mol. The fraction of sp³-hybridized carbons (Fsp3) is 0.250. The summed E-state index contributed by atoms with van der Waals surface area (Å²) < 4.78 is 41.4. The normalized spacial score (nSPS) is 13.0. The van der Waals surface area contributed by atoms with Gasteiger partial charge in [-0.2, -0.15) is 0 Å². The van der Waals surface area contributed by atoms with Crippen LogP contribution in [0.2, 0.25) is 0 Å². The quantitative estimate of drug-likeness (QED) is 0.583. The van der Waals surface area contributed by atoms with E-state index >= 15 is 0 Å². The van der Waals surface area contributed by atoms with E-state index in [2.05, 4.69) is 15.0 Å². The molecule has 3 aromatic rings. The highest BCUT2D eigenvalue weighted by molar-refractivity contribution is 7.89. The van der Waals surface area contributed by atoms with Crippen LogP contribution in [0.1, 0.15) is 12.5 Å². The van der Waals surface area contributed by atoms with Crippen LogP contribution in [0.3, 0.4) is 0 Å². The molecule has 0 bridgehead atoms. The first kappa shape index (κ1) is 19.4. The largest absolute Gasteiger partial charge is 0.315 e. The molecule has 7 heteroatoms. The Kier molecular flexibility index (Phi) is 6.15. The third-order valence-corrected chi connectivity index (χ3v) is 5.85. The van der Waals surface area contributed by atoms with Gasteiger partial charge in [-0.3, -0.25) is 4.98 Å². The van der Waals surface area contributed by atoms with Crippen molar-refractivity contribution in [2.24, 2.45) is 0 Å². The minimum absolute atomic E-state index is 0.222. The minimum Gasteiger partial charge on any atom is -0.315 e. The molecule has 1 atom stereocenters. The number of fused-ring (bicyclic) bond motifs is 1. The predicted octanol–water partition coefficient (Wildman–Crippen LogP) is 2.87. The monoisotopic (exact) mass is 387 g/mol. The maximum absolute atomic E-state index is 13.6. The van der Waals surface area contributed by atoms with Gasteiger partial charge in [0.15, 0.2) is 0 Å². The summed E-state index contributed by atoms with van der Waals surface area (Å²) in [6, 6.07) is 13.1. The van der Waals surface area contributed by atoms with E-state index in [0.29, 0.717) is 25.1 Å².